The number of hydrogen-bond donors (Lipinski definition) is 2. The summed E-state index contributed by atoms with van der Waals surface area (Å²) in [6, 6.07) is 13.8. The summed E-state index contributed by atoms with van der Waals surface area (Å²) in [5, 5.41) is 5.97. The van der Waals surface area contributed by atoms with E-state index in [-0.39, 0.29) is 11.8 Å². The van der Waals surface area contributed by atoms with Crippen LogP contribution in [-0.4, -0.2) is 24.5 Å². The van der Waals surface area contributed by atoms with Gasteiger partial charge in [-0.1, -0.05) is 42.8 Å². The van der Waals surface area contributed by atoms with E-state index < -0.39 is 6.10 Å². The van der Waals surface area contributed by atoms with E-state index in [4.69, 9.17) is 16.3 Å². The van der Waals surface area contributed by atoms with Crippen LogP contribution in [0.1, 0.15) is 30.6 Å². The molecule has 0 spiro atoms. The smallest absolute Gasteiger partial charge is 0.265 e. The van der Waals surface area contributed by atoms with Crippen molar-refractivity contribution in [2.45, 2.75) is 26.4 Å². The molecule has 2 N–H and O–H groups in total. The lowest BCUT2D eigenvalue weighted by molar-refractivity contribution is -0.122. The summed E-state index contributed by atoms with van der Waals surface area (Å²) in [7, 11) is 0. The van der Waals surface area contributed by atoms with Crippen molar-refractivity contribution in [1.82, 2.24) is 5.32 Å². The van der Waals surface area contributed by atoms with Crippen molar-refractivity contribution in [2.75, 3.05) is 11.9 Å². The van der Waals surface area contributed by atoms with Gasteiger partial charge in [-0.15, -0.1) is 0 Å². The highest BCUT2D eigenvalue weighted by Crippen LogP contribution is 2.24. The van der Waals surface area contributed by atoms with Gasteiger partial charge >= 0.3 is 0 Å². The predicted molar refractivity (Wildman–Crippen MR) is 99.2 cm³/mol. The molecule has 0 heterocycles. The maximum atomic E-state index is 12.4. The molecule has 5 nitrogen and oxygen atoms in total. The SMILES string of the molecule is CCCNC(=O)c1ccccc1NC(=O)[C@H](C)Oc1ccccc1Cl. The van der Waals surface area contributed by atoms with Gasteiger partial charge in [0, 0.05) is 6.54 Å². The third-order valence-electron chi connectivity index (χ3n) is 3.47. The second kappa shape index (κ2) is 9.08. The highest BCUT2D eigenvalue weighted by atomic mass is 35.5. The van der Waals surface area contributed by atoms with E-state index in [1.54, 1.807) is 55.5 Å². The van der Waals surface area contributed by atoms with Gasteiger partial charge in [0.1, 0.15) is 5.75 Å². The number of para-hydroxylation sites is 2. The van der Waals surface area contributed by atoms with E-state index in [0.29, 0.717) is 28.6 Å². The molecular formula is C19H21ClN2O3. The molecule has 0 bridgehead atoms. The summed E-state index contributed by atoms with van der Waals surface area (Å²) < 4.78 is 5.60. The maximum Gasteiger partial charge on any atom is 0.265 e. The lowest BCUT2D eigenvalue weighted by atomic mass is 10.1. The van der Waals surface area contributed by atoms with Gasteiger partial charge in [0.2, 0.25) is 0 Å². The molecule has 0 aromatic heterocycles. The van der Waals surface area contributed by atoms with Crippen LogP contribution < -0.4 is 15.4 Å². The van der Waals surface area contributed by atoms with Gasteiger partial charge in [-0.25, -0.2) is 0 Å². The molecule has 25 heavy (non-hydrogen) atoms. The van der Waals surface area contributed by atoms with Crippen molar-refractivity contribution in [2.24, 2.45) is 0 Å². The number of ether oxygens (including phenoxy) is 1. The molecule has 2 aromatic rings. The van der Waals surface area contributed by atoms with E-state index in [0.717, 1.165) is 6.42 Å². The third-order valence-corrected chi connectivity index (χ3v) is 3.79. The molecule has 6 heteroatoms. The standard InChI is InChI=1S/C19H21ClN2O3/c1-3-12-21-19(24)14-8-4-6-10-16(14)22-18(23)13(2)25-17-11-7-5-9-15(17)20/h4-11,13H,3,12H2,1-2H3,(H,21,24)(H,22,23)/t13-/m0/s1. The number of amides is 2. The number of carbonyl (C=O) groups is 2. The van der Waals surface area contributed by atoms with Crippen LogP contribution in [0.4, 0.5) is 5.69 Å². The zero-order valence-electron chi connectivity index (χ0n) is 14.2. The van der Waals surface area contributed by atoms with Crippen LogP contribution in [0.15, 0.2) is 48.5 Å². The number of hydrogen-bond acceptors (Lipinski definition) is 3. The molecular weight excluding hydrogens is 340 g/mol. The first-order chi connectivity index (χ1) is 12.0. The summed E-state index contributed by atoms with van der Waals surface area (Å²) in [6.07, 6.45) is 0.0647. The monoisotopic (exact) mass is 360 g/mol. The summed E-state index contributed by atoms with van der Waals surface area (Å²) >= 11 is 6.04. The van der Waals surface area contributed by atoms with Crippen LogP contribution in [0.2, 0.25) is 5.02 Å². The van der Waals surface area contributed by atoms with E-state index in [1.807, 2.05) is 6.92 Å². The Kier molecular flexibility index (Phi) is 6.83. The average Bonchev–Trinajstić information content (AvgIpc) is 2.62. The van der Waals surface area contributed by atoms with Gasteiger partial charge in [0.15, 0.2) is 6.10 Å². The molecule has 1 atom stereocenters. The highest BCUT2D eigenvalue weighted by molar-refractivity contribution is 6.32. The van der Waals surface area contributed by atoms with E-state index >= 15 is 0 Å². The number of benzene rings is 2. The molecule has 0 aliphatic carbocycles. The average molecular weight is 361 g/mol. The Balaban J connectivity index is 2.07. The quantitative estimate of drug-likeness (QED) is 0.787. The molecule has 132 valence electrons. The summed E-state index contributed by atoms with van der Waals surface area (Å²) in [4.78, 5) is 24.6. The molecule has 0 saturated carbocycles. The first-order valence-corrected chi connectivity index (χ1v) is 8.50. The second-order valence-corrected chi connectivity index (χ2v) is 5.89. The Morgan fingerprint density at radius 3 is 2.52 bits per heavy atom. The zero-order chi connectivity index (χ0) is 18.2. The van der Waals surface area contributed by atoms with Gasteiger partial charge in [0.05, 0.1) is 16.3 Å². The Morgan fingerprint density at radius 1 is 1.12 bits per heavy atom. The fraction of sp³-hybridized carbons (Fsp3) is 0.263. The second-order valence-electron chi connectivity index (χ2n) is 5.48. The molecule has 0 aliphatic heterocycles. The van der Waals surface area contributed by atoms with Crippen molar-refractivity contribution in [3.05, 3.63) is 59.1 Å². The third kappa shape index (κ3) is 5.22. The minimum Gasteiger partial charge on any atom is -0.479 e. The number of rotatable bonds is 7. The first-order valence-electron chi connectivity index (χ1n) is 8.12. The molecule has 0 radical (unpaired) electrons. The molecule has 0 unspecified atom stereocenters. The molecule has 0 aliphatic rings. The Bertz CT molecular complexity index is 749. The van der Waals surface area contributed by atoms with Crippen LogP contribution in [-0.2, 0) is 4.79 Å². The normalized spacial score (nSPS) is 11.5. The van der Waals surface area contributed by atoms with E-state index in [9.17, 15) is 9.59 Å². The number of nitrogens with one attached hydrogen (secondary N) is 2. The van der Waals surface area contributed by atoms with Crippen molar-refractivity contribution < 1.29 is 14.3 Å². The topological polar surface area (TPSA) is 67.4 Å². The maximum absolute atomic E-state index is 12.4. The molecule has 2 aromatic carbocycles. The Hall–Kier alpha value is -2.53. The highest BCUT2D eigenvalue weighted by Gasteiger charge is 2.19. The van der Waals surface area contributed by atoms with Gasteiger partial charge in [0.25, 0.3) is 11.8 Å². The number of halogens is 1. The Morgan fingerprint density at radius 2 is 1.80 bits per heavy atom. The van der Waals surface area contributed by atoms with Gasteiger partial charge in [-0.2, -0.15) is 0 Å². The van der Waals surface area contributed by atoms with E-state index in [2.05, 4.69) is 10.6 Å². The van der Waals surface area contributed by atoms with Crippen LogP contribution in [0, 0.1) is 0 Å². The summed E-state index contributed by atoms with van der Waals surface area (Å²) in [6.45, 7) is 4.17. The first kappa shape index (κ1) is 18.8. The number of carbonyl (C=O) groups excluding carboxylic acids is 2. The summed E-state index contributed by atoms with van der Waals surface area (Å²) in [5.74, 6) is -0.158. The van der Waals surface area contributed by atoms with Crippen molar-refractivity contribution >= 4 is 29.1 Å². The van der Waals surface area contributed by atoms with Crippen molar-refractivity contribution in [3.8, 4) is 5.75 Å². The van der Waals surface area contributed by atoms with Crippen LogP contribution in [0.5, 0.6) is 5.75 Å². The zero-order valence-corrected chi connectivity index (χ0v) is 15.0. The van der Waals surface area contributed by atoms with Crippen LogP contribution in [0.25, 0.3) is 0 Å². The fourth-order valence-electron chi connectivity index (χ4n) is 2.14. The summed E-state index contributed by atoms with van der Waals surface area (Å²) in [5.41, 5.74) is 0.852. The fourth-order valence-corrected chi connectivity index (χ4v) is 2.32. The molecule has 0 fully saturated rings. The van der Waals surface area contributed by atoms with Crippen molar-refractivity contribution in [1.29, 1.82) is 0 Å². The number of anilines is 1. The molecule has 0 saturated heterocycles. The molecule has 2 rings (SSSR count). The minimum atomic E-state index is -0.772. The van der Waals surface area contributed by atoms with Gasteiger partial charge in [-0.05, 0) is 37.6 Å². The van der Waals surface area contributed by atoms with Crippen LogP contribution >= 0.6 is 11.6 Å². The van der Waals surface area contributed by atoms with Crippen molar-refractivity contribution in [3.63, 3.8) is 0 Å². The lowest BCUT2D eigenvalue weighted by Crippen LogP contribution is -2.32. The Labute approximate surface area is 152 Å². The lowest BCUT2D eigenvalue weighted by Gasteiger charge is -2.17. The molecule has 2 amide bonds. The van der Waals surface area contributed by atoms with E-state index in [1.165, 1.54) is 0 Å². The minimum absolute atomic E-state index is 0.225. The van der Waals surface area contributed by atoms with Gasteiger partial charge < -0.3 is 15.4 Å². The van der Waals surface area contributed by atoms with Gasteiger partial charge in [-0.3, -0.25) is 9.59 Å². The predicted octanol–water partition coefficient (Wildman–Crippen LogP) is 3.89. The largest absolute Gasteiger partial charge is 0.479 e. The van der Waals surface area contributed by atoms with Crippen LogP contribution in [0.3, 0.4) is 0 Å².